The summed E-state index contributed by atoms with van der Waals surface area (Å²) in [5.74, 6) is 0. The summed E-state index contributed by atoms with van der Waals surface area (Å²) >= 11 is 6.88. The topological polar surface area (TPSA) is 46.2 Å². The largest absolute Gasteiger partial charge is 0.385 e. The number of hydrogen-bond acceptors (Lipinski definition) is 4. The van der Waals surface area contributed by atoms with E-state index in [9.17, 15) is 0 Å². The lowest BCUT2D eigenvalue weighted by Crippen LogP contribution is -2.38. The zero-order chi connectivity index (χ0) is 12.5. The Morgan fingerprint density at radius 1 is 1.65 bits per heavy atom. The molecule has 0 spiro atoms. The molecule has 0 amide bonds. The molecule has 0 saturated carbocycles. The number of aromatic nitrogens is 1. The van der Waals surface area contributed by atoms with Gasteiger partial charge in [-0.3, -0.25) is 0 Å². The van der Waals surface area contributed by atoms with Crippen LogP contribution in [-0.4, -0.2) is 30.4 Å². The van der Waals surface area contributed by atoms with Crippen LogP contribution in [0.2, 0.25) is 0 Å². The van der Waals surface area contributed by atoms with Crippen molar-refractivity contribution in [3.8, 4) is 0 Å². The summed E-state index contributed by atoms with van der Waals surface area (Å²) in [6, 6.07) is 0.206. The Labute approximate surface area is 112 Å². The van der Waals surface area contributed by atoms with E-state index >= 15 is 0 Å². The molecule has 96 valence electrons. The first-order valence-electron chi connectivity index (χ1n) is 5.70. The van der Waals surface area contributed by atoms with Crippen LogP contribution in [0.3, 0.4) is 0 Å². The van der Waals surface area contributed by atoms with Crippen molar-refractivity contribution in [2.75, 3.05) is 20.3 Å². The van der Waals surface area contributed by atoms with Crippen LogP contribution in [0.25, 0.3) is 0 Å². The van der Waals surface area contributed by atoms with E-state index in [2.05, 4.69) is 22.5 Å². The molecule has 0 bridgehead atoms. The minimum absolute atomic E-state index is 0.206. The van der Waals surface area contributed by atoms with Crippen molar-refractivity contribution in [3.63, 3.8) is 0 Å². The van der Waals surface area contributed by atoms with Crippen LogP contribution >= 0.6 is 23.6 Å². The Hall–Kier alpha value is -0.720. The van der Waals surface area contributed by atoms with Crippen molar-refractivity contribution in [1.29, 1.82) is 0 Å². The van der Waals surface area contributed by atoms with Gasteiger partial charge in [0.05, 0.1) is 6.04 Å². The molecule has 1 aromatic rings. The monoisotopic (exact) mass is 273 g/mol. The summed E-state index contributed by atoms with van der Waals surface area (Å²) in [6.45, 7) is 3.69. The van der Waals surface area contributed by atoms with Crippen molar-refractivity contribution < 1.29 is 4.74 Å². The van der Waals surface area contributed by atoms with Crippen molar-refractivity contribution in [2.24, 2.45) is 0 Å². The van der Waals surface area contributed by atoms with Gasteiger partial charge in [-0.15, -0.1) is 11.3 Å². The van der Waals surface area contributed by atoms with Crippen molar-refractivity contribution in [1.82, 2.24) is 15.6 Å². The lowest BCUT2D eigenvalue weighted by atomic mass is 10.2. The van der Waals surface area contributed by atoms with Crippen molar-refractivity contribution >= 4 is 28.7 Å². The van der Waals surface area contributed by atoms with Gasteiger partial charge in [0.25, 0.3) is 0 Å². The van der Waals surface area contributed by atoms with Gasteiger partial charge in [0, 0.05) is 31.8 Å². The lowest BCUT2D eigenvalue weighted by molar-refractivity contribution is 0.195. The highest BCUT2D eigenvalue weighted by molar-refractivity contribution is 7.80. The van der Waals surface area contributed by atoms with E-state index in [1.54, 1.807) is 18.4 Å². The summed E-state index contributed by atoms with van der Waals surface area (Å²) in [5, 5.41) is 10.2. The highest BCUT2D eigenvalue weighted by Crippen LogP contribution is 2.18. The zero-order valence-electron chi connectivity index (χ0n) is 10.2. The second-order valence-corrected chi connectivity index (χ2v) is 4.91. The van der Waals surface area contributed by atoms with Gasteiger partial charge in [-0.2, -0.15) is 0 Å². The maximum atomic E-state index is 5.23. The molecule has 0 aliphatic carbocycles. The van der Waals surface area contributed by atoms with Gasteiger partial charge in [0.1, 0.15) is 5.01 Å². The van der Waals surface area contributed by atoms with Crippen LogP contribution < -0.4 is 10.6 Å². The molecular weight excluding hydrogens is 254 g/mol. The molecule has 4 nitrogen and oxygen atoms in total. The predicted molar refractivity (Wildman–Crippen MR) is 75.4 cm³/mol. The minimum atomic E-state index is 0.206. The number of methoxy groups -OCH3 is 1. The molecule has 0 aliphatic heterocycles. The molecule has 1 rings (SSSR count). The second kappa shape index (κ2) is 8.38. The number of nitrogens with zero attached hydrogens (tertiary/aromatic N) is 1. The Kier molecular flexibility index (Phi) is 7.07. The van der Waals surface area contributed by atoms with Crippen molar-refractivity contribution in [2.45, 2.75) is 25.8 Å². The van der Waals surface area contributed by atoms with Crippen LogP contribution in [0.1, 0.15) is 30.8 Å². The summed E-state index contributed by atoms with van der Waals surface area (Å²) in [5.41, 5.74) is 0. The van der Waals surface area contributed by atoms with Gasteiger partial charge in [-0.05, 0) is 25.1 Å². The number of hydrogen-bond donors (Lipinski definition) is 2. The van der Waals surface area contributed by atoms with Gasteiger partial charge >= 0.3 is 0 Å². The molecule has 0 aromatic carbocycles. The van der Waals surface area contributed by atoms with Gasteiger partial charge < -0.3 is 15.4 Å². The third kappa shape index (κ3) is 5.43. The molecule has 1 heterocycles. The van der Waals surface area contributed by atoms with Gasteiger partial charge in [0.15, 0.2) is 5.11 Å². The van der Waals surface area contributed by atoms with Crippen LogP contribution in [-0.2, 0) is 4.74 Å². The molecule has 0 aliphatic rings. The molecule has 1 atom stereocenters. The molecule has 17 heavy (non-hydrogen) atoms. The Bertz CT molecular complexity index is 317. The normalized spacial score (nSPS) is 12.1. The lowest BCUT2D eigenvalue weighted by Gasteiger charge is -2.17. The quantitative estimate of drug-likeness (QED) is 0.588. The number of nitrogens with one attached hydrogen (secondary N) is 2. The number of rotatable bonds is 7. The van der Waals surface area contributed by atoms with E-state index in [0.717, 1.165) is 31.0 Å². The number of ether oxygens (including phenoxy) is 1. The van der Waals surface area contributed by atoms with Crippen LogP contribution in [0.5, 0.6) is 0 Å². The van der Waals surface area contributed by atoms with E-state index in [4.69, 9.17) is 17.0 Å². The number of thiazole rings is 1. The Morgan fingerprint density at radius 3 is 3.06 bits per heavy atom. The van der Waals surface area contributed by atoms with E-state index < -0.39 is 0 Å². The molecular formula is C11H19N3OS2. The highest BCUT2D eigenvalue weighted by Gasteiger charge is 2.12. The zero-order valence-corrected chi connectivity index (χ0v) is 11.9. The van der Waals surface area contributed by atoms with Crippen molar-refractivity contribution in [3.05, 3.63) is 16.6 Å². The predicted octanol–water partition coefficient (Wildman–Crippen LogP) is 2.09. The molecule has 0 fully saturated rings. The highest BCUT2D eigenvalue weighted by atomic mass is 32.1. The fraction of sp³-hybridized carbons (Fsp3) is 0.636. The maximum Gasteiger partial charge on any atom is 0.166 e. The third-order valence-electron chi connectivity index (χ3n) is 2.27. The summed E-state index contributed by atoms with van der Waals surface area (Å²) in [7, 11) is 1.70. The van der Waals surface area contributed by atoms with Crippen LogP contribution in [0, 0.1) is 0 Å². The Morgan fingerprint density at radius 2 is 2.47 bits per heavy atom. The maximum absolute atomic E-state index is 5.23. The molecule has 0 saturated heterocycles. The average Bonchev–Trinajstić information content (AvgIpc) is 2.85. The van der Waals surface area contributed by atoms with Gasteiger partial charge in [-0.1, -0.05) is 6.92 Å². The van der Waals surface area contributed by atoms with E-state index in [1.165, 1.54) is 0 Å². The first-order chi connectivity index (χ1) is 8.27. The summed E-state index contributed by atoms with van der Waals surface area (Å²) in [4.78, 5) is 4.30. The first kappa shape index (κ1) is 14.3. The summed E-state index contributed by atoms with van der Waals surface area (Å²) < 4.78 is 4.97. The van der Waals surface area contributed by atoms with Crippen LogP contribution in [0.4, 0.5) is 0 Å². The fourth-order valence-electron chi connectivity index (χ4n) is 1.37. The molecule has 0 radical (unpaired) electrons. The smallest absolute Gasteiger partial charge is 0.166 e. The number of thiocarbonyl (C=S) groups is 1. The van der Waals surface area contributed by atoms with Crippen LogP contribution in [0.15, 0.2) is 11.6 Å². The minimum Gasteiger partial charge on any atom is -0.385 e. The molecule has 1 aromatic heterocycles. The van der Waals surface area contributed by atoms with E-state index in [-0.39, 0.29) is 6.04 Å². The first-order valence-corrected chi connectivity index (χ1v) is 6.99. The second-order valence-electron chi connectivity index (χ2n) is 3.58. The van der Waals surface area contributed by atoms with E-state index in [1.807, 2.05) is 11.6 Å². The standard InChI is InChI=1S/C11H19N3OS2/c1-3-9(10-12-6-8-17-10)14-11(16)13-5-4-7-15-2/h6,8-9H,3-5,7H2,1-2H3,(H2,13,14,16). The Balaban J connectivity index is 2.28. The van der Waals surface area contributed by atoms with E-state index in [0.29, 0.717) is 5.11 Å². The van der Waals surface area contributed by atoms with Gasteiger partial charge in [-0.25, -0.2) is 4.98 Å². The third-order valence-corrected chi connectivity index (χ3v) is 3.43. The fourth-order valence-corrected chi connectivity index (χ4v) is 2.39. The SMILES string of the molecule is CCC(NC(=S)NCCCOC)c1nccs1. The molecule has 1 unspecified atom stereocenters. The average molecular weight is 273 g/mol. The molecule has 6 heteroatoms. The summed E-state index contributed by atoms with van der Waals surface area (Å²) in [6.07, 6.45) is 3.74. The van der Waals surface area contributed by atoms with Gasteiger partial charge in [0.2, 0.25) is 0 Å². The molecule has 2 N–H and O–H groups in total.